The van der Waals surface area contributed by atoms with Gasteiger partial charge < -0.3 is 25.5 Å². The number of para-hydroxylation sites is 1. The van der Waals surface area contributed by atoms with E-state index >= 15 is 0 Å². The Balaban J connectivity index is 1.50. The Morgan fingerprint density at radius 2 is 1.97 bits per heavy atom. The summed E-state index contributed by atoms with van der Waals surface area (Å²) in [6, 6.07) is 7.29. The highest BCUT2D eigenvalue weighted by atomic mass is 16.2. The lowest BCUT2D eigenvalue weighted by molar-refractivity contribution is -0.140. The molecular weight excluding hydrogens is 436 g/mol. The van der Waals surface area contributed by atoms with Crippen LogP contribution < -0.4 is 10.6 Å². The predicted molar refractivity (Wildman–Crippen MR) is 125 cm³/mol. The lowest BCUT2D eigenvalue weighted by atomic mass is 10.0. The summed E-state index contributed by atoms with van der Waals surface area (Å²) in [6.45, 7) is 3.93. The Morgan fingerprint density at radius 3 is 2.68 bits per heavy atom. The monoisotopic (exact) mass is 464 g/mol. The maximum atomic E-state index is 13.2. The number of ketones is 1. The molecular formula is C24H28N6O4. The van der Waals surface area contributed by atoms with E-state index in [2.05, 4.69) is 25.6 Å². The van der Waals surface area contributed by atoms with Gasteiger partial charge in [-0.2, -0.15) is 0 Å². The van der Waals surface area contributed by atoms with Crippen molar-refractivity contribution in [2.24, 2.45) is 0 Å². The number of carbonyl (C=O) groups is 4. The van der Waals surface area contributed by atoms with Crippen LogP contribution >= 0.6 is 0 Å². The summed E-state index contributed by atoms with van der Waals surface area (Å²) in [6.07, 6.45) is 4.22. The molecule has 2 atom stereocenters. The minimum absolute atomic E-state index is 0.0821. The molecule has 3 heterocycles. The summed E-state index contributed by atoms with van der Waals surface area (Å²) in [5.41, 5.74) is 1.85. The molecule has 10 nitrogen and oxygen atoms in total. The van der Waals surface area contributed by atoms with E-state index in [1.54, 1.807) is 19.9 Å². The Bertz CT molecular complexity index is 1170. The number of benzene rings is 1. The molecule has 1 aromatic carbocycles. The number of hydrogen-bond acceptors (Lipinski definition) is 5. The van der Waals surface area contributed by atoms with Crippen molar-refractivity contribution in [3.05, 3.63) is 54.2 Å². The van der Waals surface area contributed by atoms with Crippen LogP contribution in [0, 0.1) is 0 Å². The number of aromatic nitrogens is 3. The summed E-state index contributed by atoms with van der Waals surface area (Å²) in [4.78, 5) is 63.1. The molecule has 34 heavy (non-hydrogen) atoms. The Morgan fingerprint density at radius 1 is 1.18 bits per heavy atom. The molecule has 0 radical (unpaired) electrons. The maximum absolute atomic E-state index is 13.2. The summed E-state index contributed by atoms with van der Waals surface area (Å²) in [7, 11) is 0. The molecule has 1 aliphatic heterocycles. The Kier molecular flexibility index (Phi) is 6.76. The largest absolute Gasteiger partial charge is 0.351 e. The number of fused-ring (bicyclic) bond motifs is 1. The van der Waals surface area contributed by atoms with Crippen LogP contribution in [0.5, 0.6) is 0 Å². The summed E-state index contributed by atoms with van der Waals surface area (Å²) in [5.74, 6) is -2.25. The van der Waals surface area contributed by atoms with Crippen molar-refractivity contribution in [1.29, 1.82) is 0 Å². The number of imidazole rings is 1. The first-order valence-corrected chi connectivity index (χ1v) is 11.3. The summed E-state index contributed by atoms with van der Waals surface area (Å²) >= 11 is 0. The van der Waals surface area contributed by atoms with Gasteiger partial charge in [-0.3, -0.25) is 19.2 Å². The molecule has 1 saturated heterocycles. The highest BCUT2D eigenvalue weighted by Gasteiger charge is 2.37. The van der Waals surface area contributed by atoms with E-state index in [9.17, 15) is 19.2 Å². The van der Waals surface area contributed by atoms with Gasteiger partial charge in [0.15, 0.2) is 0 Å². The van der Waals surface area contributed by atoms with Gasteiger partial charge in [0.25, 0.3) is 11.8 Å². The molecule has 178 valence electrons. The number of aromatic amines is 2. The van der Waals surface area contributed by atoms with Gasteiger partial charge >= 0.3 is 0 Å². The van der Waals surface area contributed by atoms with Gasteiger partial charge in [-0.1, -0.05) is 18.2 Å². The number of H-pyrrole nitrogens is 2. The molecule has 0 bridgehead atoms. The molecule has 10 heteroatoms. The van der Waals surface area contributed by atoms with E-state index in [-0.39, 0.29) is 18.4 Å². The number of nitrogens with zero attached hydrogens (tertiary/aromatic N) is 2. The van der Waals surface area contributed by atoms with E-state index in [1.165, 1.54) is 17.4 Å². The number of rotatable bonds is 8. The zero-order chi connectivity index (χ0) is 24.2. The average Bonchev–Trinajstić information content (AvgIpc) is 3.57. The third-order valence-electron chi connectivity index (χ3n) is 5.83. The number of likely N-dealkylation sites (tertiary alicyclic amines) is 1. The van der Waals surface area contributed by atoms with E-state index in [1.807, 2.05) is 24.3 Å². The number of hydrogen-bond donors (Lipinski definition) is 4. The number of nitrogens with one attached hydrogen (secondary N) is 4. The lowest BCUT2D eigenvalue weighted by Gasteiger charge is -2.26. The van der Waals surface area contributed by atoms with Crippen LogP contribution in [0.1, 0.15) is 42.9 Å². The van der Waals surface area contributed by atoms with Crippen LogP contribution in [0.25, 0.3) is 10.9 Å². The van der Waals surface area contributed by atoms with Crippen molar-refractivity contribution >= 4 is 34.4 Å². The molecule has 1 fully saturated rings. The van der Waals surface area contributed by atoms with E-state index < -0.39 is 29.7 Å². The van der Waals surface area contributed by atoms with Gasteiger partial charge in [-0.05, 0) is 38.8 Å². The minimum atomic E-state index is -1.09. The van der Waals surface area contributed by atoms with Crippen molar-refractivity contribution < 1.29 is 19.2 Å². The summed E-state index contributed by atoms with van der Waals surface area (Å²) in [5, 5.41) is 6.19. The fourth-order valence-electron chi connectivity index (χ4n) is 4.21. The average molecular weight is 465 g/mol. The SMILES string of the molecule is CC(C)NC(=O)C(=O)C(Cc1cnc[nH]1)NC(=O)C1CCCN1C(=O)c1cc2ccccc2[nH]1. The molecule has 0 spiro atoms. The van der Waals surface area contributed by atoms with Crippen molar-refractivity contribution in [2.45, 2.75) is 51.2 Å². The third kappa shape index (κ3) is 5.00. The fourth-order valence-corrected chi connectivity index (χ4v) is 4.21. The van der Waals surface area contributed by atoms with Crippen LogP contribution in [0.4, 0.5) is 0 Å². The maximum Gasteiger partial charge on any atom is 0.289 e. The van der Waals surface area contributed by atoms with Crippen molar-refractivity contribution in [1.82, 2.24) is 30.5 Å². The van der Waals surface area contributed by atoms with Gasteiger partial charge in [0.05, 0.1) is 6.33 Å². The first kappa shape index (κ1) is 23.2. The van der Waals surface area contributed by atoms with Crippen LogP contribution in [0.2, 0.25) is 0 Å². The normalized spacial score (nSPS) is 16.6. The minimum Gasteiger partial charge on any atom is -0.351 e. The molecule has 4 N–H and O–H groups in total. The molecule has 4 rings (SSSR count). The molecule has 1 aliphatic rings. The summed E-state index contributed by atoms with van der Waals surface area (Å²) < 4.78 is 0. The van der Waals surface area contributed by atoms with Crippen LogP contribution in [-0.4, -0.2) is 68.0 Å². The van der Waals surface area contributed by atoms with Crippen molar-refractivity contribution in [3.8, 4) is 0 Å². The second-order valence-electron chi connectivity index (χ2n) is 8.76. The zero-order valence-corrected chi connectivity index (χ0v) is 19.1. The number of Topliss-reactive ketones (excluding diaryl/α,β-unsaturated/α-hetero) is 1. The van der Waals surface area contributed by atoms with E-state index in [0.717, 1.165) is 10.9 Å². The number of amides is 3. The molecule has 3 amide bonds. The Labute approximate surface area is 196 Å². The van der Waals surface area contributed by atoms with Gasteiger partial charge in [0.1, 0.15) is 17.8 Å². The predicted octanol–water partition coefficient (Wildman–Crippen LogP) is 1.32. The van der Waals surface area contributed by atoms with E-state index in [4.69, 9.17) is 0 Å². The highest BCUT2D eigenvalue weighted by molar-refractivity contribution is 6.38. The molecule has 0 saturated carbocycles. The topological polar surface area (TPSA) is 140 Å². The van der Waals surface area contributed by atoms with Crippen molar-refractivity contribution in [3.63, 3.8) is 0 Å². The van der Waals surface area contributed by atoms with Crippen LogP contribution in [0.3, 0.4) is 0 Å². The first-order valence-electron chi connectivity index (χ1n) is 11.3. The van der Waals surface area contributed by atoms with Gasteiger partial charge in [-0.15, -0.1) is 0 Å². The number of carbonyl (C=O) groups excluding carboxylic acids is 4. The molecule has 2 unspecified atom stereocenters. The zero-order valence-electron chi connectivity index (χ0n) is 19.1. The fraction of sp³-hybridized carbons (Fsp3) is 0.375. The van der Waals surface area contributed by atoms with Crippen LogP contribution in [0.15, 0.2) is 42.9 Å². The second kappa shape index (κ2) is 9.90. The van der Waals surface area contributed by atoms with Gasteiger partial charge in [0, 0.05) is 41.8 Å². The van der Waals surface area contributed by atoms with Crippen molar-refractivity contribution in [2.75, 3.05) is 6.54 Å². The standard InChI is InChI=1S/C24H28N6O4/c1-14(2)27-23(33)21(31)18(11-16-12-25-13-26-16)29-22(32)20-8-5-9-30(20)24(34)19-10-15-6-3-4-7-17(15)28-19/h3-4,6-7,10,12-14,18,20,28H,5,8-9,11H2,1-2H3,(H,25,26)(H,27,33)(H,29,32). The molecule has 3 aromatic rings. The molecule has 0 aliphatic carbocycles. The van der Waals surface area contributed by atoms with Gasteiger partial charge in [-0.25, -0.2) is 4.98 Å². The lowest BCUT2D eigenvalue weighted by Crippen LogP contribution is -2.54. The highest BCUT2D eigenvalue weighted by Crippen LogP contribution is 2.23. The van der Waals surface area contributed by atoms with Crippen LogP contribution in [-0.2, 0) is 20.8 Å². The van der Waals surface area contributed by atoms with E-state index in [0.29, 0.717) is 30.8 Å². The second-order valence-corrected chi connectivity index (χ2v) is 8.76. The quantitative estimate of drug-likeness (QED) is 0.372. The first-order chi connectivity index (χ1) is 16.3. The third-order valence-corrected chi connectivity index (χ3v) is 5.83. The molecule has 2 aromatic heterocycles. The van der Waals surface area contributed by atoms with Gasteiger partial charge in [0.2, 0.25) is 11.7 Å². The smallest absolute Gasteiger partial charge is 0.289 e. The Hall–Kier alpha value is -3.95.